The van der Waals surface area contributed by atoms with Crippen LogP contribution in [0.1, 0.15) is 6.92 Å². The third kappa shape index (κ3) is 1.63. The summed E-state index contributed by atoms with van der Waals surface area (Å²) in [6.07, 6.45) is 0. The lowest BCUT2D eigenvalue weighted by Crippen LogP contribution is -2.34. The van der Waals surface area contributed by atoms with Gasteiger partial charge in [0.15, 0.2) is 5.96 Å². The first-order valence-electron chi connectivity index (χ1n) is 3.85. The van der Waals surface area contributed by atoms with Gasteiger partial charge in [-0.05, 0) is 5.92 Å². The van der Waals surface area contributed by atoms with Gasteiger partial charge in [-0.3, -0.25) is 5.41 Å². The molecule has 0 radical (unpaired) electrons. The molecule has 1 aliphatic heterocycles. The zero-order chi connectivity index (χ0) is 8.43. The van der Waals surface area contributed by atoms with Crippen LogP contribution >= 0.6 is 0 Å². The molecule has 4 N–H and O–H groups in total. The number of guanidine groups is 1. The summed E-state index contributed by atoms with van der Waals surface area (Å²) in [5.74, 6) is 0.857. The van der Waals surface area contributed by atoms with Crippen molar-refractivity contribution in [3.63, 3.8) is 0 Å². The number of nitrogens with two attached hydrogens (primary N) is 1. The Balaban J connectivity index is 2.49. The zero-order valence-corrected chi connectivity index (χ0v) is 6.75. The van der Waals surface area contributed by atoms with Crippen molar-refractivity contribution in [1.82, 2.24) is 4.90 Å². The first kappa shape index (κ1) is 8.33. The molecule has 1 rings (SSSR count). The van der Waals surface area contributed by atoms with Crippen LogP contribution in [0.4, 0.5) is 0 Å². The molecule has 0 bridgehead atoms. The van der Waals surface area contributed by atoms with Gasteiger partial charge < -0.3 is 15.7 Å². The highest BCUT2D eigenvalue weighted by Crippen LogP contribution is 2.21. The Morgan fingerprint density at radius 3 is 2.64 bits per heavy atom. The highest BCUT2D eigenvalue weighted by atomic mass is 16.3. The van der Waals surface area contributed by atoms with Crippen molar-refractivity contribution in [3.05, 3.63) is 0 Å². The van der Waals surface area contributed by atoms with Gasteiger partial charge in [0.1, 0.15) is 0 Å². The molecule has 1 aliphatic rings. The maximum atomic E-state index is 8.90. The van der Waals surface area contributed by atoms with E-state index in [2.05, 4.69) is 6.92 Å². The Morgan fingerprint density at radius 2 is 2.36 bits per heavy atom. The molecule has 0 aromatic heterocycles. The summed E-state index contributed by atoms with van der Waals surface area (Å²) in [5, 5.41) is 16.1. The van der Waals surface area contributed by atoms with Crippen LogP contribution in [-0.4, -0.2) is 35.7 Å². The van der Waals surface area contributed by atoms with Crippen molar-refractivity contribution < 1.29 is 5.11 Å². The molecule has 0 unspecified atom stereocenters. The quantitative estimate of drug-likeness (QED) is 0.353. The molecule has 1 saturated heterocycles. The van der Waals surface area contributed by atoms with Gasteiger partial charge in [0.05, 0.1) is 0 Å². The van der Waals surface area contributed by atoms with E-state index in [-0.39, 0.29) is 12.6 Å². The van der Waals surface area contributed by atoms with Crippen LogP contribution in [0.15, 0.2) is 0 Å². The van der Waals surface area contributed by atoms with Gasteiger partial charge in [0.2, 0.25) is 0 Å². The van der Waals surface area contributed by atoms with E-state index >= 15 is 0 Å². The molecule has 0 aliphatic carbocycles. The van der Waals surface area contributed by atoms with Crippen LogP contribution < -0.4 is 5.73 Å². The molecule has 0 spiro atoms. The Kier molecular flexibility index (Phi) is 2.34. The molecule has 0 saturated carbocycles. The number of hydrogen-bond acceptors (Lipinski definition) is 2. The number of aliphatic hydroxyl groups is 1. The van der Waals surface area contributed by atoms with Crippen LogP contribution in [0.3, 0.4) is 0 Å². The van der Waals surface area contributed by atoms with Crippen LogP contribution in [0.2, 0.25) is 0 Å². The Labute approximate surface area is 66.5 Å². The summed E-state index contributed by atoms with van der Waals surface area (Å²) < 4.78 is 0. The topological polar surface area (TPSA) is 73.3 Å². The van der Waals surface area contributed by atoms with E-state index in [1.807, 2.05) is 0 Å². The molecule has 1 fully saturated rings. The van der Waals surface area contributed by atoms with Crippen LogP contribution in [0.5, 0.6) is 0 Å². The molecule has 1 heterocycles. The third-order valence-electron chi connectivity index (χ3n) is 2.34. The summed E-state index contributed by atoms with van der Waals surface area (Å²) in [7, 11) is 0. The molecule has 2 atom stereocenters. The van der Waals surface area contributed by atoms with Crippen LogP contribution in [-0.2, 0) is 0 Å². The summed E-state index contributed by atoms with van der Waals surface area (Å²) >= 11 is 0. The lowest BCUT2D eigenvalue weighted by atomic mass is 10.00. The van der Waals surface area contributed by atoms with Gasteiger partial charge in [-0.25, -0.2) is 0 Å². The van der Waals surface area contributed by atoms with Gasteiger partial charge in [-0.1, -0.05) is 6.92 Å². The first-order chi connectivity index (χ1) is 5.15. The summed E-state index contributed by atoms with van der Waals surface area (Å²) in [6.45, 7) is 3.81. The maximum Gasteiger partial charge on any atom is 0.188 e. The number of likely N-dealkylation sites (tertiary alicyclic amines) is 1. The number of nitrogens with one attached hydrogen (secondary N) is 1. The predicted molar refractivity (Wildman–Crippen MR) is 43.2 cm³/mol. The molecule has 0 aromatic carbocycles. The van der Waals surface area contributed by atoms with Gasteiger partial charge in [-0.15, -0.1) is 0 Å². The molecule has 4 nitrogen and oxygen atoms in total. The smallest absolute Gasteiger partial charge is 0.188 e. The molecule has 0 amide bonds. The fourth-order valence-electron chi connectivity index (χ4n) is 1.47. The van der Waals surface area contributed by atoms with E-state index in [4.69, 9.17) is 16.2 Å². The Morgan fingerprint density at radius 1 is 1.73 bits per heavy atom. The van der Waals surface area contributed by atoms with Crippen molar-refractivity contribution in [3.8, 4) is 0 Å². The lowest BCUT2D eigenvalue weighted by molar-refractivity contribution is 0.209. The van der Waals surface area contributed by atoms with Gasteiger partial charge >= 0.3 is 0 Å². The monoisotopic (exact) mass is 157 g/mol. The maximum absolute atomic E-state index is 8.90. The number of nitrogens with zero attached hydrogens (tertiary/aromatic N) is 1. The number of hydrogen-bond donors (Lipinski definition) is 3. The number of aliphatic hydroxyl groups excluding tert-OH is 1. The highest BCUT2D eigenvalue weighted by Gasteiger charge is 2.29. The van der Waals surface area contributed by atoms with Gasteiger partial charge in [0.25, 0.3) is 0 Å². The second-order valence-corrected chi connectivity index (χ2v) is 3.21. The molecule has 11 heavy (non-hydrogen) atoms. The van der Waals surface area contributed by atoms with Gasteiger partial charge in [-0.2, -0.15) is 0 Å². The SMILES string of the molecule is C[C@@H]1CN(C(=N)N)C[C@H]1CO. The van der Waals surface area contributed by atoms with Crippen molar-refractivity contribution in [2.24, 2.45) is 17.6 Å². The minimum absolute atomic E-state index is 0.118. The van der Waals surface area contributed by atoms with Crippen molar-refractivity contribution in [2.75, 3.05) is 19.7 Å². The average molecular weight is 157 g/mol. The Bertz CT molecular complexity index is 160. The second kappa shape index (κ2) is 3.09. The van der Waals surface area contributed by atoms with E-state index in [1.54, 1.807) is 4.90 Å². The molecule has 0 aromatic rings. The fourth-order valence-corrected chi connectivity index (χ4v) is 1.47. The molecular formula is C7H15N3O. The number of rotatable bonds is 1. The van der Waals surface area contributed by atoms with Crippen LogP contribution in [0, 0.1) is 17.2 Å². The van der Waals surface area contributed by atoms with E-state index < -0.39 is 0 Å². The third-order valence-corrected chi connectivity index (χ3v) is 2.34. The Hall–Kier alpha value is -0.770. The van der Waals surface area contributed by atoms with E-state index in [0.717, 1.165) is 13.1 Å². The largest absolute Gasteiger partial charge is 0.396 e. The minimum Gasteiger partial charge on any atom is -0.396 e. The average Bonchev–Trinajstić information content (AvgIpc) is 2.31. The zero-order valence-electron chi connectivity index (χ0n) is 6.75. The molecular weight excluding hydrogens is 142 g/mol. The predicted octanol–water partition coefficient (Wildman–Crippen LogP) is -0.560. The summed E-state index contributed by atoms with van der Waals surface area (Å²) in [5.41, 5.74) is 5.30. The fraction of sp³-hybridized carbons (Fsp3) is 0.857. The standard InChI is InChI=1S/C7H15N3O/c1-5-2-10(7(8)9)3-6(5)4-11/h5-6,11H,2-4H2,1H3,(H3,8,9)/t5-,6+/m1/s1. The van der Waals surface area contributed by atoms with Gasteiger partial charge in [0, 0.05) is 25.6 Å². The van der Waals surface area contributed by atoms with Crippen molar-refractivity contribution in [1.29, 1.82) is 5.41 Å². The highest BCUT2D eigenvalue weighted by molar-refractivity contribution is 5.74. The van der Waals surface area contributed by atoms with E-state index in [1.165, 1.54) is 0 Å². The molecule has 4 heteroatoms. The first-order valence-corrected chi connectivity index (χ1v) is 3.85. The summed E-state index contributed by atoms with van der Waals surface area (Å²) in [4.78, 5) is 1.80. The summed E-state index contributed by atoms with van der Waals surface area (Å²) in [6, 6.07) is 0. The van der Waals surface area contributed by atoms with Crippen molar-refractivity contribution in [2.45, 2.75) is 6.92 Å². The van der Waals surface area contributed by atoms with Crippen molar-refractivity contribution >= 4 is 5.96 Å². The second-order valence-electron chi connectivity index (χ2n) is 3.21. The molecule has 64 valence electrons. The normalized spacial score (nSPS) is 30.9. The van der Waals surface area contributed by atoms with E-state index in [0.29, 0.717) is 11.8 Å². The minimum atomic E-state index is 0.118. The van der Waals surface area contributed by atoms with Crippen LogP contribution in [0.25, 0.3) is 0 Å². The lowest BCUT2D eigenvalue weighted by Gasteiger charge is -2.14. The van der Waals surface area contributed by atoms with E-state index in [9.17, 15) is 0 Å².